The quantitative estimate of drug-likeness (QED) is 0.0666. The van der Waals surface area contributed by atoms with Crippen LogP contribution in [0.25, 0.3) is 28.3 Å². The van der Waals surface area contributed by atoms with Crippen LogP contribution >= 0.6 is 0 Å². The van der Waals surface area contributed by atoms with Gasteiger partial charge in [0.25, 0.3) is 5.91 Å². The molecule has 7 N–H and O–H groups in total. The number of nitrogens with one attached hydrogen (secondary N) is 2. The summed E-state index contributed by atoms with van der Waals surface area (Å²) < 4.78 is 7.33. The van der Waals surface area contributed by atoms with Crippen molar-refractivity contribution in [3.05, 3.63) is 102 Å². The Balaban J connectivity index is 0.918. The van der Waals surface area contributed by atoms with Crippen molar-refractivity contribution < 1.29 is 44.5 Å². The number of carbonyl (C=O) groups excluding carboxylic acids is 3. The van der Waals surface area contributed by atoms with Gasteiger partial charge in [-0.1, -0.05) is 81.3 Å². The smallest absolute Gasteiger partial charge is 0.475 e. The molecule has 19 heteroatoms. The minimum atomic E-state index is -1.85. The zero-order valence-electron chi connectivity index (χ0n) is 39.2. The minimum absolute atomic E-state index is 0.0133. The molecule has 7 rings (SSSR count). The molecule has 0 radical (unpaired) electrons. The molecule has 0 saturated carbocycles. The second-order valence-corrected chi connectivity index (χ2v) is 18.4. The maximum absolute atomic E-state index is 13.8. The van der Waals surface area contributed by atoms with Crippen LogP contribution in [0.2, 0.25) is 0 Å². The lowest BCUT2D eigenvalue weighted by molar-refractivity contribution is -0.126. The van der Waals surface area contributed by atoms with Crippen LogP contribution in [0.3, 0.4) is 0 Å². The van der Waals surface area contributed by atoms with Crippen LogP contribution in [0.15, 0.2) is 84.9 Å². The Morgan fingerprint density at radius 2 is 1.49 bits per heavy atom. The lowest BCUT2D eigenvalue weighted by Crippen LogP contribution is -2.59. The van der Waals surface area contributed by atoms with Gasteiger partial charge in [0.1, 0.15) is 29.3 Å². The van der Waals surface area contributed by atoms with Gasteiger partial charge in [0, 0.05) is 63.5 Å². The molecule has 68 heavy (non-hydrogen) atoms. The number of hydrogen-bond acceptors (Lipinski definition) is 14. The van der Waals surface area contributed by atoms with E-state index in [0.717, 1.165) is 56.7 Å². The van der Waals surface area contributed by atoms with Gasteiger partial charge in [0.15, 0.2) is 5.82 Å². The molecule has 0 bridgehead atoms. The molecule has 3 atom stereocenters. The van der Waals surface area contributed by atoms with Crippen molar-refractivity contribution in [2.75, 3.05) is 39.3 Å². The van der Waals surface area contributed by atoms with E-state index in [4.69, 9.17) is 4.74 Å². The van der Waals surface area contributed by atoms with Crippen molar-refractivity contribution in [3.63, 3.8) is 0 Å². The summed E-state index contributed by atoms with van der Waals surface area (Å²) >= 11 is 0. The molecule has 4 heterocycles. The third-order valence-corrected chi connectivity index (χ3v) is 12.7. The van der Waals surface area contributed by atoms with E-state index in [2.05, 4.69) is 35.6 Å². The first-order valence-electron chi connectivity index (χ1n) is 23.3. The molecule has 360 valence electrons. The van der Waals surface area contributed by atoms with Crippen LogP contribution in [0.4, 0.5) is 4.79 Å². The van der Waals surface area contributed by atoms with Gasteiger partial charge in [-0.2, -0.15) is 0 Å². The summed E-state index contributed by atoms with van der Waals surface area (Å²) in [4.78, 5) is 52.0. The van der Waals surface area contributed by atoms with E-state index < -0.39 is 43.1 Å². The molecule has 2 aliphatic rings. The fourth-order valence-electron chi connectivity index (χ4n) is 8.91. The third-order valence-electron chi connectivity index (χ3n) is 12.7. The highest BCUT2D eigenvalue weighted by molar-refractivity contribution is 6.43. The van der Waals surface area contributed by atoms with E-state index in [-0.39, 0.29) is 53.3 Å². The standard InChI is InChI=1S/C49H62BN9O9/c1-30(2)26-43(50(66)67)52-47(63)44(53-46(62)40-13-9-12-39(51-40)34-10-7-6-8-11-34)32(5)68-49(65)58-20-18-35(19-21-58)57-24-22-56(23-25-57)29-33-14-16-36(17-15-33)59-45(54-55-48(59)64)38-27-37(31(3)4)41(60)28-42(38)61/h6-17,27-28,30-32,35,43-44,60-61,66-67H,18-26,29H2,1-5H3,(H,52,63)(H,53,62)(H,55,64)/t32-,43+,44+/m1/s1. The van der Waals surface area contributed by atoms with E-state index in [1.165, 1.54) is 23.6 Å². The van der Waals surface area contributed by atoms with Gasteiger partial charge in [-0.25, -0.2) is 14.3 Å². The number of pyridine rings is 1. The van der Waals surface area contributed by atoms with E-state index in [1.807, 2.05) is 82.3 Å². The van der Waals surface area contributed by atoms with Gasteiger partial charge >= 0.3 is 19.2 Å². The van der Waals surface area contributed by atoms with E-state index in [9.17, 15) is 39.8 Å². The molecule has 2 saturated heterocycles. The molecule has 18 nitrogen and oxygen atoms in total. The van der Waals surface area contributed by atoms with Crippen LogP contribution in [-0.2, 0) is 16.1 Å². The molecule has 3 amide bonds. The normalized spacial score (nSPS) is 16.3. The number of hydrogen-bond donors (Lipinski definition) is 7. The SMILES string of the molecule is CC(C)C[C@H](NC(=O)[C@@H](NC(=O)c1cccc(-c2ccccc2)n1)[C@@H](C)OC(=O)N1CCC(N2CCN(Cc3ccc(-n4c(O)nnc4-c4cc(C(C)C)c(O)cc4O)cc3)CC2)CC1)B(O)O. The summed E-state index contributed by atoms with van der Waals surface area (Å²) in [6.07, 6.45) is -0.0172. The highest BCUT2D eigenvalue weighted by Gasteiger charge is 2.37. The summed E-state index contributed by atoms with van der Waals surface area (Å²) in [5.74, 6) is -2.37. The van der Waals surface area contributed by atoms with E-state index in [0.29, 0.717) is 35.6 Å². The van der Waals surface area contributed by atoms with Crippen molar-refractivity contribution in [2.45, 2.75) is 90.5 Å². The number of phenols is 2. The second kappa shape index (κ2) is 22.1. The summed E-state index contributed by atoms with van der Waals surface area (Å²) in [5, 5.41) is 65.2. The van der Waals surface area contributed by atoms with Gasteiger partial charge in [-0.3, -0.25) is 19.4 Å². The van der Waals surface area contributed by atoms with Gasteiger partial charge in [-0.15, -0.1) is 5.10 Å². The van der Waals surface area contributed by atoms with Crippen molar-refractivity contribution in [2.24, 2.45) is 5.92 Å². The first kappa shape index (κ1) is 49.4. The average Bonchev–Trinajstić information content (AvgIpc) is 3.71. The Bertz CT molecular complexity index is 2510. The summed E-state index contributed by atoms with van der Waals surface area (Å²) in [5.41, 5.74) is 4.09. The van der Waals surface area contributed by atoms with Gasteiger partial charge in [0.2, 0.25) is 5.91 Å². The lowest BCUT2D eigenvalue weighted by atomic mass is 9.75. The predicted octanol–water partition coefficient (Wildman–Crippen LogP) is 4.69. The fraction of sp³-hybridized carbons (Fsp3) is 0.429. The number of carbonyl (C=O) groups is 3. The first-order valence-corrected chi connectivity index (χ1v) is 23.3. The Hall–Kier alpha value is -6.54. The number of rotatable bonds is 16. The number of nitrogens with zero attached hydrogens (tertiary/aromatic N) is 7. The topological polar surface area (TPSA) is 239 Å². The summed E-state index contributed by atoms with van der Waals surface area (Å²) in [6.45, 7) is 14.2. The van der Waals surface area contributed by atoms with Crippen LogP contribution in [-0.4, -0.2) is 148 Å². The Morgan fingerprint density at radius 1 is 0.794 bits per heavy atom. The van der Waals surface area contributed by atoms with Crippen molar-refractivity contribution in [3.8, 4) is 45.8 Å². The lowest BCUT2D eigenvalue weighted by Gasteiger charge is -2.42. The molecule has 5 aromatic rings. The zero-order valence-corrected chi connectivity index (χ0v) is 39.2. The van der Waals surface area contributed by atoms with Gasteiger partial charge in [0.05, 0.1) is 22.9 Å². The van der Waals surface area contributed by atoms with E-state index in [1.54, 1.807) is 23.1 Å². The maximum atomic E-state index is 13.8. The van der Waals surface area contributed by atoms with Gasteiger partial charge in [-0.05, 0) is 79.5 Å². The number of benzene rings is 3. The van der Waals surface area contributed by atoms with Crippen LogP contribution in [0.1, 0.15) is 81.4 Å². The number of aromatic hydroxyl groups is 3. The summed E-state index contributed by atoms with van der Waals surface area (Å²) in [7, 11) is -1.85. The van der Waals surface area contributed by atoms with Gasteiger partial charge < -0.3 is 45.6 Å². The number of phenolic OH excluding ortho intramolecular Hbond substituents is 2. The monoisotopic (exact) mass is 931 g/mol. The Labute approximate surface area is 396 Å². The molecular weight excluding hydrogens is 869 g/mol. The average molecular weight is 932 g/mol. The molecule has 0 aliphatic carbocycles. The zero-order chi connectivity index (χ0) is 48.6. The van der Waals surface area contributed by atoms with Crippen molar-refractivity contribution >= 4 is 25.0 Å². The van der Waals surface area contributed by atoms with Crippen LogP contribution < -0.4 is 10.6 Å². The second-order valence-electron chi connectivity index (χ2n) is 18.4. The van der Waals surface area contributed by atoms with Crippen molar-refractivity contribution in [1.82, 2.24) is 45.1 Å². The number of likely N-dealkylation sites (tertiary alicyclic amines) is 1. The Morgan fingerprint density at radius 3 is 2.13 bits per heavy atom. The number of ether oxygens (including phenoxy) is 1. The number of piperidine rings is 1. The predicted molar refractivity (Wildman–Crippen MR) is 256 cm³/mol. The highest BCUT2D eigenvalue weighted by Crippen LogP contribution is 2.39. The maximum Gasteiger partial charge on any atom is 0.475 e. The molecule has 3 aromatic carbocycles. The Kier molecular flexibility index (Phi) is 16.0. The molecular formula is C49H62BN9O9. The van der Waals surface area contributed by atoms with E-state index >= 15 is 0 Å². The molecule has 2 aromatic heterocycles. The largest absolute Gasteiger partial charge is 0.508 e. The molecule has 0 spiro atoms. The fourth-order valence-corrected chi connectivity index (χ4v) is 8.91. The number of aromatic nitrogens is 4. The van der Waals surface area contributed by atoms with Crippen LogP contribution in [0.5, 0.6) is 17.5 Å². The molecule has 2 aliphatic heterocycles. The molecule has 2 fully saturated rings. The molecule has 0 unspecified atom stereocenters. The number of amides is 3. The third kappa shape index (κ3) is 11.9. The van der Waals surface area contributed by atoms with Crippen LogP contribution in [0, 0.1) is 5.92 Å². The number of piperazine rings is 1. The summed E-state index contributed by atoms with van der Waals surface area (Å²) in [6, 6.07) is 23.6. The first-order chi connectivity index (χ1) is 32.6. The highest BCUT2D eigenvalue weighted by atomic mass is 16.6. The van der Waals surface area contributed by atoms with Crippen molar-refractivity contribution in [1.29, 1.82) is 0 Å². The minimum Gasteiger partial charge on any atom is -0.508 e.